The van der Waals surface area contributed by atoms with Crippen LogP contribution in [-0.4, -0.2) is 30.5 Å². The highest BCUT2D eigenvalue weighted by molar-refractivity contribution is 5.78. The van der Waals surface area contributed by atoms with Crippen molar-refractivity contribution in [3.8, 4) is 5.75 Å². The average molecular weight is 290 g/mol. The maximum absolute atomic E-state index is 12.3. The maximum Gasteiger partial charge on any atom is 0.260 e. The summed E-state index contributed by atoms with van der Waals surface area (Å²) in [5, 5.41) is 0. The number of carbonyl (C=O) groups is 1. The first-order valence-electron chi connectivity index (χ1n) is 7.83. The van der Waals surface area contributed by atoms with Gasteiger partial charge in [0.25, 0.3) is 5.91 Å². The number of likely N-dealkylation sites (tertiary alicyclic amines) is 1. The van der Waals surface area contributed by atoms with Crippen LogP contribution < -0.4 is 10.5 Å². The zero-order valence-electron chi connectivity index (χ0n) is 13.0. The van der Waals surface area contributed by atoms with E-state index < -0.39 is 0 Å². The van der Waals surface area contributed by atoms with Crippen LogP contribution in [0, 0.1) is 11.8 Å². The standard InChI is InChI=1S/C17H26N2O2/c1-13(2)14-6-5-10-19(11-9-14)17(20)12-21-16-8-4-3-7-15(16)18/h3-4,7-8,13-14H,5-6,9-12,18H2,1-2H3. The molecule has 1 atom stereocenters. The lowest BCUT2D eigenvalue weighted by molar-refractivity contribution is -0.133. The summed E-state index contributed by atoms with van der Waals surface area (Å²) in [6.07, 6.45) is 3.40. The molecule has 0 spiro atoms. The molecule has 0 bridgehead atoms. The number of amides is 1. The molecular weight excluding hydrogens is 264 g/mol. The van der Waals surface area contributed by atoms with E-state index in [-0.39, 0.29) is 12.5 Å². The van der Waals surface area contributed by atoms with Crippen LogP contribution in [0.15, 0.2) is 24.3 Å². The Morgan fingerprint density at radius 1 is 1.33 bits per heavy atom. The van der Waals surface area contributed by atoms with Crippen molar-refractivity contribution in [1.82, 2.24) is 4.90 Å². The molecule has 1 aromatic rings. The van der Waals surface area contributed by atoms with Gasteiger partial charge in [-0.25, -0.2) is 0 Å². The third kappa shape index (κ3) is 4.38. The van der Waals surface area contributed by atoms with Crippen molar-refractivity contribution in [1.29, 1.82) is 0 Å². The van der Waals surface area contributed by atoms with Crippen molar-refractivity contribution >= 4 is 11.6 Å². The third-order valence-electron chi connectivity index (χ3n) is 4.34. The summed E-state index contributed by atoms with van der Waals surface area (Å²) < 4.78 is 5.55. The normalized spacial score (nSPS) is 19.4. The molecule has 2 N–H and O–H groups in total. The molecule has 1 amide bonds. The molecule has 1 aliphatic rings. The Hall–Kier alpha value is -1.71. The number of nitrogen functional groups attached to an aromatic ring is 1. The van der Waals surface area contributed by atoms with Gasteiger partial charge in [0, 0.05) is 13.1 Å². The second kappa shape index (κ2) is 7.34. The van der Waals surface area contributed by atoms with Crippen molar-refractivity contribution in [3.05, 3.63) is 24.3 Å². The molecule has 1 unspecified atom stereocenters. The summed E-state index contributed by atoms with van der Waals surface area (Å²) in [5.41, 5.74) is 6.38. The van der Waals surface area contributed by atoms with Crippen LogP contribution in [0.5, 0.6) is 5.75 Å². The first kappa shape index (κ1) is 15.7. The second-order valence-corrected chi connectivity index (χ2v) is 6.14. The fourth-order valence-corrected chi connectivity index (χ4v) is 2.88. The Labute approximate surface area is 127 Å². The van der Waals surface area contributed by atoms with E-state index in [0.29, 0.717) is 17.4 Å². The van der Waals surface area contributed by atoms with E-state index in [9.17, 15) is 4.79 Å². The number of ether oxygens (including phenoxy) is 1. The van der Waals surface area contributed by atoms with Gasteiger partial charge in [-0.2, -0.15) is 0 Å². The molecule has 0 radical (unpaired) electrons. The summed E-state index contributed by atoms with van der Waals surface area (Å²) in [7, 11) is 0. The number of nitrogens with two attached hydrogens (primary N) is 1. The predicted octanol–water partition coefficient (Wildman–Crippen LogP) is 2.93. The van der Waals surface area contributed by atoms with E-state index >= 15 is 0 Å². The lowest BCUT2D eigenvalue weighted by Gasteiger charge is -2.21. The Bertz CT molecular complexity index is 474. The Morgan fingerprint density at radius 2 is 2.10 bits per heavy atom. The van der Waals surface area contributed by atoms with Crippen molar-refractivity contribution in [2.45, 2.75) is 33.1 Å². The highest BCUT2D eigenvalue weighted by Crippen LogP contribution is 2.25. The lowest BCUT2D eigenvalue weighted by atomic mass is 9.89. The molecule has 1 saturated heterocycles. The summed E-state index contributed by atoms with van der Waals surface area (Å²) in [4.78, 5) is 14.2. The van der Waals surface area contributed by atoms with Crippen molar-refractivity contribution in [3.63, 3.8) is 0 Å². The molecular formula is C17H26N2O2. The second-order valence-electron chi connectivity index (χ2n) is 6.14. The fourth-order valence-electron chi connectivity index (χ4n) is 2.88. The molecule has 0 aromatic heterocycles. The first-order chi connectivity index (χ1) is 10.1. The van der Waals surface area contributed by atoms with Crippen LogP contribution in [0.2, 0.25) is 0 Å². The van der Waals surface area contributed by atoms with Crippen molar-refractivity contribution in [2.24, 2.45) is 11.8 Å². The summed E-state index contributed by atoms with van der Waals surface area (Å²) in [6, 6.07) is 7.28. The molecule has 1 fully saturated rings. The maximum atomic E-state index is 12.3. The first-order valence-corrected chi connectivity index (χ1v) is 7.83. The summed E-state index contributed by atoms with van der Waals surface area (Å²) >= 11 is 0. The summed E-state index contributed by atoms with van der Waals surface area (Å²) in [6.45, 7) is 6.29. The van der Waals surface area contributed by atoms with Gasteiger partial charge in [0.2, 0.25) is 0 Å². The Balaban J connectivity index is 1.85. The van der Waals surface area contributed by atoms with Gasteiger partial charge in [0.1, 0.15) is 5.75 Å². The number of benzene rings is 1. The molecule has 116 valence electrons. The van der Waals surface area contributed by atoms with Crippen LogP contribution in [0.3, 0.4) is 0 Å². The minimum atomic E-state index is 0.0580. The molecule has 4 heteroatoms. The number of carbonyl (C=O) groups excluding carboxylic acids is 1. The van der Waals surface area contributed by atoms with Gasteiger partial charge in [0.15, 0.2) is 6.61 Å². The minimum Gasteiger partial charge on any atom is -0.482 e. The largest absolute Gasteiger partial charge is 0.482 e. The lowest BCUT2D eigenvalue weighted by Crippen LogP contribution is -2.35. The van der Waals surface area contributed by atoms with E-state index in [2.05, 4.69) is 13.8 Å². The molecule has 1 heterocycles. The van der Waals surface area contributed by atoms with Gasteiger partial charge < -0.3 is 15.4 Å². The van der Waals surface area contributed by atoms with E-state index in [0.717, 1.165) is 31.8 Å². The van der Waals surface area contributed by atoms with Crippen molar-refractivity contribution < 1.29 is 9.53 Å². The highest BCUT2D eigenvalue weighted by atomic mass is 16.5. The summed E-state index contributed by atoms with van der Waals surface area (Å²) in [5.74, 6) is 2.07. The van der Waals surface area contributed by atoms with Gasteiger partial charge in [-0.15, -0.1) is 0 Å². The molecule has 4 nitrogen and oxygen atoms in total. The zero-order chi connectivity index (χ0) is 15.2. The average Bonchev–Trinajstić information content (AvgIpc) is 2.72. The molecule has 21 heavy (non-hydrogen) atoms. The quantitative estimate of drug-likeness (QED) is 0.867. The monoisotopic (exact) mass is 290 g/mol. The number of para-hydroxylation sites is 2. The van der Waals surface area contributed by atoms with E-state index in [1.54, 1.807) is 12.1 Å². The third-order valence-corrected chi connectivity index (χ3v) is 4.34. The molecule has 0 saturated carbocycles. The van der Waals surface area contributed by atoms with E-state index in [4.69, 9.17) is 10.5 Å². The van der Waals surface area contributed by atoms with Crippen LogP contribution in [0.4, 0.5) is 5.69 Å². The molecule has 1 aromatic carbocycles. The predicted molar refractivity (Wildman–Crippen MR) is 85.1 cm³/mol. The van der Waals surface area contributed by atoms with Gasteiger partial charge in [-0.05, 0) is 43.2 Å². The number of nitrogens with zero attached hydrogens (tertiary/aromatic N) is 1. The topological polar surface area (TPSA) is 55.6 Å². The molecule has 1 aliphatic heterocycles. The SMILES string of the molecule is CC(C)C1CCCN(C(=O)COc2ccccc2N)CC1. The van der Waals surface area contributed by atoms with Crippen LogP contribution in [0.25, 0.3) is 0 Å². The van der Waals surface area contributed by atoms with Crippen LogP contribution in [0.1, 0.15) is 33.1 Å². The number of hydrogen-bond donors (Lipinski definition) is 1. The number of anilines is 1. The Kier molecular flexibility index (Phi) is 5.48. The van der Waals surface area contributed by atoms with Crippen LogP contribution in [-0.2, 0) is 4.79 Å². The van der Waals surface area contributed by atoms with Gasteiger partial charge in [0.05, 0.1) is 5.69 Å². The minimum absolute atomic E-state index is 0.0580. The zero-order valence-corrected chi connectivity index (χ0v) is 13.0. The highest BCUT2D eigenvalue weighted by Gasteiger charge is 2.22. The smallest absolute Gasteiger partial charge is 0.260 e. The molecule has 2 rings (SSSR count). The van der Waals surface area contributed by atoms with Crippen molar-refractivity contribution in [2.75, 3.05) is 25.4 Å². The Morgan fingerprint density at radius 3 is 2.81 bits per heavy atom. The number of hydrogen-bond acceptors (Lipinski definition) is 3. The van der Waals surface area contributed by atoms with E-state index in [1.807, 2.05) is 17.0 Å². The van der Waals surface area contributed by atoms with Gasteiger partial charge in [-0.1, -0.05) is 26.0 Å². The van der Waals surface area contributed by atoms with Crippen LogP contribution >= 0.6 is 0 Å². The van der Waals surface area contributed by atoms with E-state index in [1.165, 1.54) is 6.42 Å². The van der Waals surface area contributed by atoms with Gasteiger partial charge >= 0.3 is 0 Å². The molecule has 0 aliphatic carbocycles. The van der Waals surface area contributed by atoms with Gasteiger partial charge in [-0.3, -0.25) is 4.79 Å². The number of rotatable bonds is 4. The fraction of sp³-hybridized carbons (Fsp3) is 0.588.